The van der Waals surface area contributed by atoms with E-state index in [-0.39, 0.29) is 5.91 Å². The molecular weight excluding hydrogens is 238 g/mol. The van der Waals surface area contributed by atoms with Crippen LogP contribution in [0, 0.1) is 0 Å². The largest absolute Gasteiger partial charge is 0.352 e. The summed E-state index contributed by atoms with van der Waals surface area (Å²) in [6.45, 7) is 2.80. The van der Waals surface area contributed by atoms with Gasteiger partial charge in [-0.25, -0.2) is 0 Å². The van der Waals surface area contributed by atoms with Gasteiger partial charge in [-0.3, -0.25) is 14.8 Å². The van der Waals surface area contributed by atoms with Gasteiger partial charge in [0.1, 0.15) is 0 Å². The minimum absolute atomic E-state index is 0.0754. The summed E-state index contributed by atoms with van der Waals surface area (Å²) >= 11 is 0. The Morgan fingerprint density at radius 1 is 1.16 bits per heavy atom. The van der Waals surface area contributed by atoms with E-state index in [4.69, 9.17) is 0 Å². The van der Waals surface area contributed by atoms with Gasteiger partial charge in [-0.15, -0.1) is 0 Å². The highest BCUT2D eigenvalue weighted by Crippen LogP contribution is 2.13. The molecule has 1 N–H and O–H groups in total. The molecule has 0 spiro atoms. The Bertz CT molecular complexity index is 523. The molecule has 0 aromatic carbocycles. The summed E-state index contributed by atoms with van der Waals surface area (Å²) in [4.78, 5) is 20.3. The van der Waals surface area contributed by atoms with Crippen molar-refractivity contribution in [2.24, 2.45) is 0 Å². The van der Waals surface area contributed by atoms with Crippen LogP contribution in [0.1, 0.15) is 30.1 Å². The van der Waals surface area contributed by atoms with Crippen LogP contribution in [-0.2, 0) is 0 Å². The summed E-state index contributed by atoms with van der Waals surface area (Å²) in [7, 11) is 0. The fraction of sp³-hybridized carbons (Fsp3) is 0.267. The van der Waals surface area contributed by atoms with Gasteiger partial charge in [0.15, 0.2) is 0 Å². The van der Waals surface area contributed by atoms with Crippen LogP contribution in [0.15, 0.2) is 42.7 Å². The summed E-state index contributed by atoms with van der Waals surface area (Å²) in [6, 6.07) is 9.26. The second-order valence-electron chi connectivity index (χ2n) is 4.26. The van der Waals surface area contributed by atoms with Crippen molar-refractivity contribution in [2.75, 3.05) is 6.54 Å². The molecule has 19 heavy (non-hydrogen) atoms. The van der Waals surface area contributed by atoms with Crippen LogP contribution in [0.4, 0.5) is 0 Å². The van der Waals surface area contributed by atoms with Gasteiger partial charge in [-0.1, -0.05) is 19.4 Å². The second-order valence-corrected chi connectivity index (χ2v) is 4.26. The lowest BCUT2D eigenvalue weighted by Gasteiger charge is -2.04. The van der Waals surface area contributed by atoms with Crippen molar-refractivity contribution in [3.05, 3.63) is 48.3 Å². The number of hydrogen-bond acceptors (Lipinski definition) is 3. The fourth-order valence-corrected chi connectivity index (χ4v) is 1.67. The molecule has 2 heterocycles. The lowest BCUT2D eigenvalue weighted by atomic mass is 10.2. The van der Waals surface area contributed by atoms with Crippen molar-refractivity contribution in [3.8, 4) is 11.4 Å². The van der Waals surface area contributed by atoms with E-state index in [1.165, 1.54) is 0 Å². The first-order chi connectivity index (χ1) is 9.31. The number of carbonyl (C=O) groups excluding carboxylic acids is 1. The first-order valence-electron chi connectivity index (χ1n) is 6.47. The van der Waals surface area contributed by atoms with Crippen molar-refractivity contribution in [3.63, 3.8) is 0 Å². The van der Waals surface area contributed by atoms with Crippen LogP contribution in [0.5, 0.6) is 0 Å². The van der Waals surface area contributed by atoms with Gasteiger partial charge in [-0.2, -0.15) is 0 Å². The number of unbranched alkanes of at least 4 members (excludes halogenated alkanes) is 1. The zero-order valence-corrected chi connectivity index (χ0v) is 11.0. The lowest BCUT2D eigenvalue weighted by molar-refractivity contribution is 0.0953. The minimum Gasteiger partial charge on any atom is -0.352 e. The van der Waals surface area contributed by atoms with Gasteiger partial charge in [0.2, 0.25) is 0 Å². The summed E-state index contributed by atoms with van der Waals surface area (Å²) in [6.07, 6.45) is 5.37. The van der Waals surface area contributed by atoms with Gasteiger partial charge in [0, 0.05) is 18.9 Å². The third-order valence-corrected chi connectivity index (χ3v) is 2.77. The summed E-state index contributed by atoms with van der Waals surface area (Å²) in [5.74, 6) is -0.0754. The lowest BCUT2D eigenvalue weighted by Crippen LogP contribution is -2.24. The third kappa shape index (κ3) is 3.61. The molecule has 2 aromatic heterocycles. The number of nitrogens with zero attached hydrogens (tertiary/aromatic N) is 2. The Hall–Kier alpha value is -2.23. The average molecular weight is 255 g/mol. The molecule has 0 saturated heterocycles. The average Bonchev–Trinajstić information content (AvgIpc) is 2.48. The molecule has 2 aromatic rings. The predicted molar refractivity (Wildman–Crippen MR) is 74.7 cm³/mol. The monoisotopic (exact) mass is 255 g/mol. The molecule has 0 atom stereocenters. The maximum atomic E-state index is 11.8. The molecule has 0 saturated carbocycles. The number of carbonyl (C=O) groups is 1. The van der Waals surface area contributed by atoms with E-state index >= 15 is 0 Å². The van der Waals surface area contributed by atoms with Crippen molar-refractivity contribution >= 4 is 5.91 Å². The maximum Gasteiger partial charge on any atom is 0.252 e. The summed E-state index contributed by atoms with van der Waals surface area (Å²) < 4.78 is 0. The van der Waals surface area contributed by atoms with E-state index in [1.807, 2.05) is 24.3 Å². The molecule has 0 fully saturated rings. The fourth-order valence-electron chi connectivity index (χ4n) is 1.67. The molecule has 0 unspecified atom stereocenters. The SMILES string of the molecule is CCCCNC(=O)c1ccc(-c2ccccn2)nc1. The van der Waals surface area contributed by atoms with Crippen LogP contribution in [0.3, 0.4) is 0 Å². The normalized spacial score (nSPS) is 10.2. The highest BCUT2D eigenvalue weighted by atomic mass is 16.1. The number of aromatic nitrogens is 2. The van der Waals surface area contributed by atoms with E-state index in [1.54, 1.807) is 18.5 Å². The molecule has 0 radical (unpaired) electrons. The highest BCUT2D eigenvalue weighted by molar-refractivity contribution is 5.94. The molecule has 0 aliphatic rings. The predicted octanol–water partition coefficient (Wildman–Crippen LogP) is 2.67. The molecule has 1 amide bonds. The number of amides is 1. The Kier molecular flexibility index (Phi) is 4.61. The molecule has 0 bridgehead atoms. The van der Waals surface area contributed by atoms with E-state index in [2.05, 4.69) is 22.2 Å². The van der Waals surface area contributed by atoms with E-state index in [0.29, 0.717) is 12.1 Å². The van der Waals surface area contributed by atoms with E-state index in [0.717, 1.165) is 24.2 Å². The molecular formula is C15H17N3O. The maximum absolute atomic E-state index is 11.8. The van der Waals surface area contributed by atoms with Crippen molar-refractivity contribution < 1.29 is 4.79 Å². The van der Waals surface area contributed by atoms with Crippen molar-refractivity contribution in [1.29, 1.82) is 0 Å². The van der Waals surface area contributed by atoms with Gasteiger partial charge in [-0.05, 0) is 30.7 Å². The standard InChI is InChI=1S/C15H17N3O/c1-2-3-9-17-15(19)12-7-8-14(18-11-12)13-6-4-5-10-16-13/h4-8,10-11H,2-3,9H2,1H3,(H,17,19). The van der Waals surface area contributed by atoms with Crippen LogP contribution >= 0.6 is 0 Å². The smallest absolute Gasteiger partial charge is 0.252 e. The third-order valence-electron chi connectivity index (χ3n) is 2.77. The van der Waals surface area contributed by atoms with Crippen LogP contribution in [0.25, 0.3) is 11.4 Å². The van der Waals surface area contributed by atoms with Crippen LogP contribution < -0.4 is 5.32 Å². The number of rotatable bonds is 5. The quantitative estimate of drug-likeness (QED) is 0.836. The molecule has 4 heteroatoms. The Morgan fingerprint density at radius 3 is 2.63 bits per heavy atom. The molecule has 0 aliphatic carbocycles. The van der Waals surface area contributed by atoms with Crippen molar-refractivity contribution in [1.82, 2.24) is 15.3 Å². The molecule has 4 nitrogen and oxygen atoms in total. The highest BCUT2D eigenvalue weighted by Gasteiger charge is 2.06. The zero-order chi connectivity index (χ0) is 13.5. The minimum atomic E-state index is -0.0754. The Balaban J connectivity index is 2.04. The topological polar surface area (TPSA) is 54.9 Å². The van der Waals surface area contributed by atoms with E-state index < -0.39 is 0 Å². The molecule has 98 valence electrons. The van der Waals surface area contributed by atoms with E-state index in [9.17, 15) is 4.79 Å². The Labute approximate surface area is 112 Å². The van der Waals surface area contributed by atoms with Gasteiger partial charge < -0.3 is 5.32 Å². The number of pyridine rings is 2. The number of nitrogens with one attached hydrogen (secondary N) is 1. The first kappa shape index (κ1) is 13.2. The second kappa shape index (κ2) is 6.64. The molecule has 0 aliphatic heterocycles. The van der Waals surface area contributed by atoms with Crippen molar-refractivity contribution in [2.45, 2.75) is 19.8 Å². The Morgan fingerprint density at radius 2 is 2.00 bits per heavy atom. The van der Waals surface area contributed by atoms with Gasteiger partial charge >= 0.3 is 0 Å². The van der Waals surface area contributed by atoms with Gasteiger partial charge in [0.25, 0.3) is 5.91 Å². The molecule has 2 rings (SSSR count). The zero-order valence-electron chi connectivity index (χ0n) is 11.0. The summed E-state index contributed by atoms with van der Waals surface area (Å²) in [5.41, 5.74) is 2.15. The van der Waals surface area contributed by atoms with Crippen LogP contribution in [-0.4, -0.2) is 22.4 Å². The summed E-state index contributed by atoms with van der Waals surface area (Å²) in [5, 5.41) is 2.86. The number of hydrogen-bond donors (Lipinski definition) is 1. The first-order valence-corrected chi connectivity index (χ1v) is 6.47. The van der Waals surface area contributed by atoms with Crippen LogP contribution in [0.2, 0.25) is 0 Å². The van der Waals surface area contributed by atoms with Gasteiger partial charge in [0.05, 0.1) is 17.0 Å².